The van der Waals surface area contributed by atoms with Gasteiger partial charge < -0.3 is 10.1 Å². The van der Waals surface area contributed by atoms with Crippen LogP contribution < -0.4 is 10.1 Å². The van der Waals surface area contributed by atoms with E-state index in [-0.39, 0.29) is 6.10 Å². The summed E-state index contributed by atoms with van der Waals surface area (Å²) in [5.74, 6) is 2.55. The first-order valence-electron chi connectivity index (χ1n) is 7.28. The number of nitrogens with one attached hydrogen (secondary N) is 1. The predicted octanol–water partition coefficient (Wildman–Crippen LogP) is 3.20. The molecule has 0 radical (unpaired) electrons. The number of rotatable bonds is 5. The predicted molar refractivity (Wildman–Crippen MR) is 84.6 cm³/mol. The van der Waals surface area contributed by atoms with Crippen LogP contribution in [0.1, 0.15) is 31.0 Å². The number of para-hydroxylation sites is 1. The minimum atomic E-state index is -0.0731. The van der Waals surface area contributed by atoms with Crippen LogP contribution >= 0.6 is 11.8 Å². The van der Waals surface area contributed by atoms with Gasteiger partial charge in [-0.2, -0.15) is 0 Å². The van der Waals surface area contributed by atoms with Gasteiger partial charge in [-0.25, -0.2) is 9.97 Å². The lowest BCUT2D eigenvalue weighted by molar-refractivity contribution is 0.210. The Morgan fingerprint density at radius 3 is 3.14 bits per heavy atom. The van der Waals surface area contributed by atoms with Crippen LogP contribution in [0.2, 0.25) is 0 Å². The number of ether oxygens (including phenoxy) is 1. The first-order chi connectivity index (χ1) is 10.4. The molecule has 0 saturated heterocycles. The molecule has 0 saturated carbocycles. The fraction of sp³-hybridized carbons (Fsp3) is 0.375. The number of hydrogen-bond donors (Lipinski definition) is 1. The van der Waals surface area contributed by atoms with Gasteiger partial charge >= 0.3 is 0 Å². The third kappa shape index (κ3) is 3.54. The molecule has 21 heavy (non-hydrogen) atoms. The Kier molecular flexibility index (Phi) is 4.72. The van der Waals surface area contributed by atoms with Crippen LogP contribution in [0.5, 0.6) is 5.75 Å². The molecule has 0 aliphatic carbocycles. The van der Waals surface area contributed by atoms with Gasteiger partial charge in [0, 0.05) is 23.4 Å². The first-order valence-corrected chi connectivity index (χ1v) is 8.26. The van der Waals surface area contributed by atoms with E-state index in [2.05, 4.69) is 28.3 Å². The maximum absolute atomic E-state index is 6.03. The number of nitrogens with zero attached hydrogens (tertiary/aromatic N) is 2. The minimum absolute atomic E-state index is 0.0731. The highest BCUT2D eigenvalue weighted by molar-refractivity contribution is 7.99. The Morgan fingerprint density at radius 1 is 1.33 bits per heavy atom. The van der Waals surface area contributed by atoms with Crippen molar-refractivity contribution in [3.05, 3.63) is 48.0 Å². The third-order valence-electron chi connectivity index (χ3n) is 3.26. The van der Waals surface area contributed by atoms with Crippen LogP contribution in [0, 0.1) is 0 Å². The maximum atomic E-state index is 6.03. The first kappa shape index (κ1) is 14.4. The number of benzene rings is 1. The molecule has 0 fully saturated rings. The summed E-state index contributed by atoms with van der Waals surface area (Å²) in [5, 5.41) is 3.36. The van der Waals surface area contributed by atoms with E-state index >= 15 is 0 Å². The van der Waals surface area contributed by atoms with Gasteiger partial charge in [-0.1, -0.05) is 19.1 Å². The van der Waals surface area contributed by atoms with E-state index in [1.807, 2.05) is 30.5 Å². The summed E-state index contributed by atoms with van der Waals surface area (Å²) < 4.78 is 6.03. The van der Waals surface area contributed by atoms with Crippen molar-refractivity contribution in [2.24, 2.45) is 0 Å². The standard InChI is InChI=1S/C16H19N3OS/c1-2-8-17-10-12-7-9-18-16(19-12)14-11-21-15-6-4-3-5-13(15)20-14/h3-7,9,14,17H,2,8,10-11H2,1H3. The monoisotopic (exact) mass is 301 g/mol. The van der Waals surface area contributed by atoms with Crippen molar-refractivity contribution in [3.63, 3.8) is 0 Å². The second kappa shape index (κ2) is 6.91. The molecule has 2 heterocycles. The second-order valence-electron chi connectivity index (χ2n) is 4.95. The molecule has 0 amide bonds. The summed E-state index contributed by atoms with van der Waals surface area (Å²) >= 11 is 1.80. The summed E-state index contributed by atoms with van der Waals surface area (Å²) in [6, 6.07) is 10.1. The molecule has 110 valence electrons. The topological polar surface area (TPSA) is 47.0 Å². The van der Waals surface area contributed by atoms with Gasteiger partial charge in [0.25, 0.3) is 0 Å². The zero-order valence-electron chi connectivity index (χ0n) is 12.1. The summed E-state index contributed by atoms with van der Waals surface area (Å²) in [4.78, 5) is 10.2. The quantitative estimate of drug-likeness (QED) is 0.859. The van der Waals surface area contributed by atoms with Crippen molar-refractivity contribution in [3.8, 4) is 5.75 Å². The van der Waals surface area contributed by atoms with Gasteiger partial charge in [-0.3, -0.25) is 0 Å². The van der Waals surface area contributed by atoms with Crippen LogP contribution in [0.15, 0.2) is 41.4 Å². The molecule has 4 nitrogen and oxygen atoms in total. The molecular weight excluding hydrogens is 282 g/mol. The molecule has 5 heteroatoms. The van der Waals surface area contributed by atoms with Crippen LogP contribution in [0.4, 0.5) is 0 Å². The van der Waals surface area contributed by atoms with E-state index in [0.29, 0.717) is 0 Å². The molecule has 1 atom stereocenters. The number of thioether (sulfide) groups is 1. The van der Waals surface area contributed by atoms with Gasteiger partial charge in [-0.15, -0.1) is 11.8 Å². The molecule has 1 aromatic carbocycles. The molecule has 1 N–H and O–H groups in total. The average molecular weight is 301 g/mol. The summed E-state index contributed by atoms with van der Waals surface area (Å²) in [6.07, 6.45) is 2.87. The maximum Gasteiger partial charge on any atom is 0.170 e. The fourth-order valence-corrected chi connectivity index (χ4v) is 3.19. The molecule has 1 aliphatic heterocycles. The van der Waals surface area contributed by atoms with Crippen molar-refractivity contribution in [2.45, 2.75) is 30.9 Å². The zero-order chi connectivity index (χ0) is 14.5. The van der Waals surface area contributed by atoms with Gasteiger partial charge in [0.2, 0.25) is 0 Å². The van der Waals surface area contributed by atoms with E-state index < -0.39 is 0 Å². The Balaban J connectivity index is 1.71. The number of aromatic nitrogens is 2. The highest BCUT2D eigenvalue weighted by Crippen LogP contribution is 2.39. The lowest BCUT2D eigenvalue weighted by Crippen LogP contribution is -2.20. The summed E-state index contributed by atoms with van der Waals surface area (Å²) in [5.41, 5.74) is 1.01. The normalized spacial score (nSPS) is 17.1. The average Bonchev–Trinajstić information content (AvgIpc) is 2.55. The van der Waals surface area contributed by atoms with Gasteiger partial charge in [0.05, 0.1) is 5.69 Å². The molecular formula is C16H19N3OS. The van der Waals surface area contributed by atoms with Crippen molar-refractivity contribution in [1.29, 1.82) is 0 Å². The molecule has 1 unspecified atom stereocenters. The van der Waals surface area contributed by atoms with Crippen molar-refractivity contribution < 1.29 is 4.74 Å². The second-order valence-corrected chi connectivity index (χ2v) is 6.01. The SMILES string of the molecule is CCCNCc1ccnc(C2CSc3ccccc3O2)n1. The van der Waals surface area contributed by atoms with Gasteiger partial charge in [0.1, 0.15) is 5.75 Å². The largest absolute Gasteiger partial charge is 0.480 e. The highest BCUT2D eigenvalue weighted by Gasteiger charge is 2.23. The van der Waals surface area contributed by atoms with Crippen molar-refractivity contribution >= 4 is 11.8 Å². The van der Waals surface area contributed by atoms with Crippen molar-refractivity contribution in [2.75, 3.05) is 12.3 Å². The van der Waals surface area contributed by atoms with E-state index in [1.165, 1.54) is 4.90 Å². The van der Waals surface area contributed by atoms with Crippen molar-refractivity contribution in [1.82, 2.24) is 15.3 Å². The fourth-order valence-electron chi connectivity index (χ4n) is 2.21. The van der Waals surface area contributed by atoms with Crippen LogP contribution in [0.25, 0.3) is 0 Å². The highest BCUT2D eigenvalue weighted by atomic mass is 32.2. The Morgan fingerprint density at radius 2 is 2.24 bits per heavy atom. The van der Waals surface area contributed by atoms with Crippen LogP contribution in [-0.4, -0.2) is 22.3 Å². The van der Waals surface area contributed by atoms with Crippen LogP contribution in [-0.2, 0) is 6.54 Å². The van der Waals surface area contributed by atoms with Gasteiger partial charge in [0.15, 0.2) is 11.9 Å². The number of fused-ring (bicyclic) bond motifs is 1. The Hall–Kier alpha value is -1.59. The Bertz CT molecular complexity index is 606. The minimum Gasteiger partial charge on any atom is -0.480 e. The van der Waals surface area contributed by atoms with E-state index in [1.54, 1.807) is 11.8 Å². The summed E-state index contributed by atoms with van der Waals surface area (Å²) in [7, 11) is 0. The van der Waals surface area contributed by atoms with Gasteiger partial charge in [-0.05, 0) is 31.2 Å². The molecule has 0 spiro atoms. The zero-order valence-corrected chi connectivity index (χ0v) is 12.9. The smallest absolute Gasteiger partial charge is 0.170 e. The number of hydrogen-bond acceptors (Lipinski definition) is 5. The lowest BCUT2D eigenvalue weighted by Gasteiger charge is -2.24. The molecule has 0 bridgehead atoms. The third-order valence-corrected chi connectivity index (χ3v) is 4.38. The molecule has 3 rings (SSSR count). The van der Waals surface area contributed by atoms with E-state index in [4.69, 9.17) is 4.74 Å². The summed E-state index contributed by atoms with van der Waals surface area (Å²) in [6.45, 7) is 3.94. The molecule has 1 aromatic heterocycles. The molecule has 1 aliphatic rings. The lowest BCUT2D eigenvalue weighted by atomic mass is 10.3. The Labute approximate surface area is 129 Å². The van der Waals surface area contributed by atoms with E-state index in [9.17, 15) is 0 Å². The van der Waals surface area contributed by atoms with Crippen LogP contribution in [0.3, 0.4) is 0 Å². The molecule has 2 aromatic rings. The van der Waals surface area contributed by atoms with E-state index in [0.717, 1.165) is 42.5 Å².